The standard InChI is InChI=1S/C18H16F3N5O3S2/c1-4-31(27,28)13-5-10(29-15(7-22)30-3)8-24-16(13)17-25-11-6-14(18(19,20)21)23-9-12(11)26(17)2/h5-6,8-9,15H,4H2,1-3H3. The summed E-state index contributed by atoms with van der Waals surface area (Å²) in [6.45, 7) is 1.45. The van der Waals surface area contributed by atoms with Crippen molar-refractivity contribution in [2.24, 2.45) is 7.05 Å². The number of nitriles is 1. The van der Waals surface area contributed by atoms with Crippen molar-refractivity contribution < 1.29 is 26.3 Å². The summed E-state index contributed by atoms with van der Waals surface area (Å²) in [5.41, 5.74) is -1.75. The van der Waals surface area contributed by atoms with E-state index in [0.29, 0.717) is 0 Å². The number of aromatic nitrogens is 4. The second-order valence-electron chi connectivity index (χ2n) is 6.29. The molecule has 0 aliphatic heterocycles. The van der Waals surface area contributed by atoms with Crippen molar-refractivity contribution in [1.29, 1.82) is 5.26 Å². The largest absolute Gasteiger partial charge is 0.464 e. The Kier molecular flexibility index (Phi) is 6.15. The van der Waals surface area contributed by atoms with Crippen LogP contribution in [-0.2, 0) is 23.1 Å². The average Bonchev–Trinajstić information content (AvgIpc) is 3.07. The number of aryl methyl sites for hydroxylation is 1. The van der Waals surface area contributed by atoms with Crippen LogP contribution in [0.4, 0.5) is 13.2 Å². The van der Waals surface area contributed by atoms with Gasteiger partial charge in [-0.15, -0.1) is 11.8 Å². The van der Waals surface area contributed by atoms with Gasteiger partial charge in [-0.3, -0.25) is 0 Å². The number of nitrogens with zero attached hydrogens (tertiary/aromatic N) is 5. The molecule has 0 N–H and O–H groups in total. The van der Waals surface area contributed by atoms with E-state index in [0.717, 1.165) is 24.0 Å². The molecular formula is C18H16F3N5O3S2. The van der Waals surface area contributed by atoms with Gasteiger partial charge in [0.2, 0.25) is 5.44 Å². The molecule has 3 aromatic rings. The van der Waals surface area contributed by atoms with Gasteiger partial charge in [0, 0.05) is 13.1 Å². The normalized spacial score (nSPS) is 13.2. The molecule has 0 spiro atoms. The van der Waals surface area contributed by atoms with E-state index in [-0.39, 0.29) is 38.9 Å². The van der Waals surface area contributed by atoms with Crippen molar-refractivity contribution in [3.63, 3.8) is 0 Å². The number of pyridine rings is 2. The van der Waals surface area contributed by atoms with E-state index in [4.69, 9.17) is 10.00 Å². The Bertz CT molecular complexity index is 1280. The summed E-state index contributed by atoms with van der Waals surface area (Å²) in [5.74, 6) is -0.133. The van der Waals surface area contributed by atoms with Crippen molar-refractivity contribution in [2.45, 2.75) is 23.4 Å². The summed E-state index contributed by atoms with van der Waals surface area (Å²) in [4.78, 5) is 11.6. The Labute approximate surface area is 180 Å². The summed E-state index contributed by atoms with van der Waals surface area (Å²) < 4.78 is 71.3. The zero-order valence-corrected chi connectivity index (χ0v) is 18.1. The maximum absolute atomic E-state index is 13.0. The first kappa shape index (κ1) is 22.8. The molecule has 1 unspecified atom stereocenters. The molecule has 0 saturated heterocycles. The van der Waals surface area contributed by atoms with Crippen LogP contribution >= 0.6 is 11.8 Å². The second kappa shape index (κ2) is 8.35. The predicted molar refractivity (Wildman–Crippen MR) is 108 cm³/mol. The lowest BCUT2D eigenvalue weighted by atomic mass is 10.3. The van der Waals surface area contributed by atoms with Crippen molar-refractivity contribution in [1.82, 2.24) is 19.5 Å². The van der Waals surface area contributed by atoms with Crippen LogP contribution in [0.2, 0.25) is 0 Å². The minimum atomic E-state index is -4.64. The van der Waals surface area contributed by atoms with Crippen LogP contribution < -0.4 is 4.74 Å². The molecule has 13 heteroatoms. The van der Waals surface area contributed by atoms with Gasteiger partial charge in [-0.25, -0.2) is 23.4 Å². The third kappa shape index (κ3) is 4.45. The van der Waals surface area contributed by atoms with E-state index in [9.17, 15) is 21.6 Å². The highest BCUT2D eigenvalue weighted by atomic mass is 32.2. The number of halogens is 3. The molecule has 3 aromatic heterocycles. The van der Waals surface area contributed by atoms with Gasteiger partial charge in [0.05, 0.1) is 29.2 Å². The monoisotopic (exact) mass is 471 g/mol. The summed E-state index contributed by atoms with van der Waals surface area (Å²) in [5, 5.41) is 9.06. The Morgan fingerprint density at radius 3 is 2.58 bits per heavy atom. The molecule has 0 aliphatic carbocycles. The highest BCUT2D eigenvalue weighted by Gasteiger charge is 2.33. The van der Waals surface area contributed by atoms with Crippen LogP contribution in [0, 0.1) is 11.3 Å². The van der Waals surface area contributed by atoms with Gasteiger partial charge in [0.1, 0.15) is 28.1 Å². The van der Waals surface area contributed by atoms with Gasteiger partial charge in [0.15, 0.2) is 15.7 Å². The van der Waals surface area contributed by atoms with E-state index in [1.54, 1.807) is 6.26 Å². The highest BCUT2D eigenvalue weighted by Crippen LogP contribution is 2.33. The molecule has 1 atom stereocenters. The van der Waals surface area contributed by atoms with Gasteiger partial charge in [-0.2, -0.15) is 18.4 Å². The van der Waals surface area contributed by atoms with E-state index in [1.165, 1.54) is 30.8 Å². The van der Waals surface area contributed by atoms with Crippen LogP contribution in [0.5, 0.6) is 5.75 Å². The molecule has 0 fully saturated rings. The number of rotatable bonds is 6. The molecule has 0 aromatic carbocycles. The number of thioether (sulfide) groups is 1. The first-order chi connectivity index (χ1) is 14.5. The van der Waals surface area contributed by atoms with Crippen molar-refractivity contribution in [3.05, 3.63) is 30.2 Å². The van der Waals surface area contributed by atoms with E-state index in [1.807, 2.05) is 6.07 Å². The van der Waals surface area contributed by atoms with Crippen LogP contribution in [0.1, 0.15) is 12.6 Å². The summed E-state index contributed by atoms with van der Waals surface area (Å²) in [6, 6.07) is 3.94. The van der Waals surface area contributed by atoms with Crippen molar-refractivity contribution in [3.8, 4) is 23.3 Å². The van der Waals surface area contributed by atoms with Gasteiger partial charge in [0.25, 0.3) is 0 Å². The fraction of sp³-hybridized carbons (Fsp3) is 0.333. The van der Waals surface area contributed by atoms with Gasteiger partial charge in [-0.1, -0.05) is 6.92 Å². The van der Waals surface area contributed by atoms with Crippen LogP contribution in [0.3, 0.4) is 0 Å². The number of ether oxygens (including phenoxy) is 1. The highest BCUT2D eigenvalue weighted by molar-refractivity contribution is 7.99. The molecule has 164 valence electrons. The number of fused-ring (bicyclic) bond motifs is 1. The first-order valence-corrected chi connectivity index (χ1v) is 11.7. The minimum Gasteiger partial charge on any atom is -0.464 e. The maximum atomic E-state index is 13.0. The molecule has 3 rings (SSSR count). The van der Waals surface area contributed by atoms with Crippen molar-refractivity contribution >= 4 is 32.6 Å². The summed E-state index contributed by atoms with van der Waals surface area (Å²) in [7, 11) is -2.29. The first-order valence-electron chi connectivity index (χ1n) is 8.73. The number of alkyl halides is 3. The SMILES string of the molecule is CCS(=O)(=O)c1cc(OC(C#N)SC)cnc1-c1nc2cc(C(F)(F)F)ncc2n1C. The molecule has 0 saturated carbocycles. The van der Waals surface area contributed by atoms with Crippen molar-refractivity contribution in [2.75, 3.05) is 12.0 Å². The van der Waals surface area contributed by atoms with Crippen LogP contribution in [-0.4, -0.2) is 45.4 Å². The van der Waals surface area contributed by atoms with Crippen LogP contribution in [0.25, 0.3) is 22.6 Å². The van der Waals surface area contributed by atoms with Gasteiger partial charge < -0.3 is 9.30 Å². The Balaban J connectivity index is 2.21. The molecule has 8 nitrogen and oxygen atoms in total. The molecule has 0 amide bonds. The van der Waals surface area contributed by atoms with E-state index < -0.39 is 27.1 Å². The van der Waals surface area contributed by atoms with Crippen LogP contribution in [0.15, 0.2) is 29.4 Å². The predicted octanol–water partition coefficient (Wildman–Crippen LogP) is 3.43. The number of hydrogen-bond acceptors (Lipinski definition) is 8. The third-order valence-electron chi connectivity index (χ3n) is 4.37. The molecule has 31 heavy (non-hydrogen) atoms. The maximum Gasteiger partial charge on any atom is 0.433 e. The number of hydrogen-bond donors (Lipinski definition) is 0. The number of sulfone groups is 1. The van der Waals surface area contributed by atoms with Gasteiger partial charge >= 0.3 is 6.18 Å². The minimum absolute atomic E-state index is 0.00581. The summed E-state index contributed by atoms with van der Waals surface area (Å²) in [6.07, 6.45) is -0.726. The average molecular weight is 471 g/mol. The second-order valence-corrected chi connectivity index (χ2v) is 9.43. The Hall–Kier alpha value is -2.85. The zero-order valence-electron chi connectivity index (χ0n) is 16.5. The topological polar surface area (TPSA) is 111 Å². The molecule has 3 heterocycles. The lowest BCUT2D eigenvalue weighted by Crippen LogP contribution is -2.12. The van der Waals surface area contributed by atoms with Gasteiger partial charge in [-0.05, 0) is 12.3 Å². The zero-order chi connectivity index (χ0) is 23.0. The fourth-order valence-corrected chi connectivity index (χ4v) is 4.12. The lowest BCUT2D eigenvalue weighted by molar-refractivity contribution is -0.141. The van der Waals surface area contributed by atoms with E-state index in [2.05, 4.69) is 15.0 Å². The Morgan fingerprint density at radius 1 is 1.29 bits per heavy atom. The lowest BCUT2D eigenvalue weighted by Gasteiger charge is -2.13. The third-order valence-corrected chi connectivity index (χ3v) is 6.75. The number of imidazole rings is 1. The molecule has 0 bridgehead atoms. The fourth-order valence-electron chi connectivity index (χ4n) is 2.76. The quantitative estimate of drug-likeness (QED) is 0.503. The Morgan fingerprint density at radius 2 is 2.00 bits per heavy atom. The summed E-state index contributed by atoms with van der Waals surface area (Å²) >= 11 is 1.12. The molecular weight excluding hydrogens is 455 g/mol. The smallest absolute Gasteiger partial charge is 0.433 e. The van der Waals surface area contributed by atoms with E-state index >= 15 is 0 Å². The molecule has 0 radical (unpaired) electrons. The molecule has 0 aliphatic rings.